The monoisotopic (exact) mass is 353 g/mol. The van der Waals surface area contributed by atoms with Gasteiger partial charge in [0.05, 0.1) is 6.21 Å². The lowest BCUT2D eigenvalue weighted by Gasteiger charge is -2.09. The van der Waals surface area contributed by atoms with Crippen molar-refractivity contribution in [1.82, 2.24) is 5.43 Å². The maximum Gasteiger partial charge on any atom is 0.184 e. The Morgan fingerprint density at radius 2 is 1.91 bits per heavy atom. The van der Waals surface area contributed by atoms with E-state index in [4.69, 9.17) is 33.7 Å². The second-order valence-corrected chi connectivity index (χ2v) is 5.55. The van der Waals surface area contributed by atoms with Crippen LogP contribution in [0.1, 0.15) is 11.1 Å². The third-order valence-electron chi connectivity index (χ3n) is 2.69. The number of hydrazone groups is 1. The van der Waals surface area contributed by atoms with Crippen molar-refractivity contribution in [1.29, 1.82) is 0 Å². The molecule has 22 heavy (non-hydrogen) atoms. The molecule has 0 aliphatic rings. The van der Waals surface area contributed by atoms with Gasteiger partial charge in [0.25, 0.3) is 0 Å². The van der Waals surface area contributed by atoms with Crippen LogP contribution in [0.4, 0.5) is 0 Å². The molecule has 0 amide bonds. The van der Waals surface area contributed by atoms with E-state index in [-0.39, 0.29) is 11.7 Å². The first-order valence-electron chi connectivity index (χ1n) is 6.30. The van der Waals surface area contributed by atoms with Gasteiger partial charge in [-0.25, -0.2) is 0 Å². The number of benzene rings is 2. The quantitative estimate of drug-likeness (QED) is 0.488. The molecule has 2 aromatic rings. The highest BCUT2D eigenvalue weighted by molar-refractivity contribution is 7.80. The molecule has 4 nitrogen and oxygen atoms in total. The van der Waals surface area contributed by atoms with Crippen molar-refractivity contribution in [3.8, 4) is 5.75 Å². The van der Waals surface area contributed by atoms with Gasteiger partial charge >= 0.3 is 0 Å². The van der Waals surface area contributed by atoms with Gasteiger partial charge in [-0.15, -0.1) is 0 Å². The Hall–Kier alpha value is -1.82. The lowest BCUT2D eigenvalue weighted by molar-refractivity contribution is 0.306. The summed E-state index contributed by atoms with van der Waals surface area (Å²) in [6.45, 7) is 0.282. The predicted octanol–water partition coefficient (Wildman–Crippen LogP) is 3.74. The number of halogens is 2. The number of rotatable bonds is 5. The van der Waals surface area contributed by atoms with Crippen LogP contribution in [0.25, 0.3) is 0 Å². The molecule has 114 valence electrons. The van der Waals surface area contributed by atoms with Gasteiger partial charge in [-0.2, -0.15) is 5.10 Å². The number of ether oxygens (including phenoxy) is 1. The molecule has 7 heteroatoms. The van der Waals surface area contributed by atoms with E-state index in [1.54, 1.807) is 24.4 Å². The van der Waals surface area contributed by atoms with Crippen LogP contribution in [0, 0.1) is 0 Å². The van der Waals surface area contributed by atoms with Gasteiger partial charge in [-0.05, 0) is 42.0 Å². The first-order chi connectivity index (χ1) is 10.6. The standard InChI is InChI=1S/C15H13Cl2N3OS/c16-13-5-2-6-14(17)12(13)9-21-11-4-1-3-10(7-11)8-19-20-15(18)22/h1-8H,9H2,(H3,18,20,22). The van der Waals surface area contributed by atoms with E-state index in [1.807, 2.05) is 24.3 Å². The second-order valence-electron chi connectivity index (χ2n) is 4.30. The fourth-order valence-electron chi connectivity index (χ4n) is 1.68. The summed E-state index contributed by atoms with van der Waals surface area (Å²) >= 11 is 16.9. The van der Waals surface area contributed by atoms with Gasteiger partial charge in [-0.1, -0.05) is 41.4 Å². The first-order valence-corrected chi connectivity index (χ1v) is 7.47. The predicted molar refractivity (Wildman–Crippen MR) is 94.8 cm³/mol. The molecule has 0 saturated carbocycles. The van der Waals surface area contributed by atoms with Crippen LogP contribution < -0.4 is 15.9 Å². The lowest BCUT2D eigenvalue weighted by atomic mass is 10.2. The summed E-state index contributed by atoms with van der Waals surface area (Å²) < 4.78 is 5.72. The molecule has 0 aliphatic heterocycles. The second kappa shape index (κ2) is 7.98. The van der Waals surface area contributed by atoms with Crippen LogP contribution in [0.15, 0.2) is 47.6 Å². The molecule has 0 unspecified atom stereocenters. The summed E-state index contributed by atoms with van der Waals surface area (Å²) in [6.07, 6.45) is 1.59. The van der Waals surface area contributed by atoms with Gasteiger partial charge in [0.1, 0.15) is 12.4 Å². The Kier molecular flexibility index (Phi) is 6.00. The summed E-state index contributed by atoms with van der Waals surface area (Å²) in [7, 11) is 0. The Bertz CT molecular complexity index is 687. The Balaban J connectivity index is 2.04. The molecule has 2 aromatic carbocycles. The SMILES string of the molecule is NC(=S)NN=Cc1cccc(OCc2c(Cl)cccc2Cl)c1. The fourth-order valence-corrected chi connectivity index (χ4v) is 2.24. The largest absolute Gasteiger partial charge is 0.489 e. The van der Waals surface area contributed by atoms with Crippen molar-refractivity contribution in [3.05, 3.63) is 63.6 Å². The lowest BCUT2D eigenvalue weighted by Crippen LogP contribution is -2.23. The summed E-state index contributed by atoms with van der Waals surface area (Å²) in [5, 5.41) is 5.15. The maximum absolute atomic E-state index is 6.11. The van der Waals surface area contributed by atoms with Gasteiger partial charge in [0, 0.05) is 15.6 Å². The summed E-state index contributed by atoms with van der Waals surface area (Å²) in [5.74, 6) is 0.676. The average molecular weight is 354 g/mol. The van der Waals surface area contributed by atoms with E-state index in [2.05, 4.69) is 22.7 Å². The van der Waals surface area contributed by atoms with Crippen LogP contribution in [0.2, 0.25) is 10.0 Å². The van der Waals surface area contributed by atoms with E-state index in [9.17, 15) is 0 Å². The summed E-state index contributed by atoms with van der Waals surface area (Å²) in [6, 6.07) is 12.7. The molecule has 0 fully saturated rings. The van der Waals surface area contributed by atoms with Crippen LogP contribution in [0.5, 0.6) is 5.75 Å². The van der Waals surface area contributed by atoms with E-state index >= 15 is 0 Å². The van der Waals surface area contributed by atoms with Crippen molar-refractivity contribution in [2.45, 2.75) is 6.61 Å². The Morgan fingerprint density at radius 1 is 1.23 bits per heavy atom. The van der Waals surface area contributed by atoms with Crippen LogP contribution in [-0.4, -0.2) is 11.3 Å². The zero-order chi connectivity index (χ0) is 15.9. The van der Waals surface area contributed by atoms with E-state index in [0.717, 1.165) is 11.1 Å². The fraction of sp³-hybridized carbons (Fsp3) is 0.0667. The van der Waals surface area contributed by atoms with Crippen molar-refractivity contribution >= 4 is 46.7 Å². The number of nitrogens with two attached hydrogens (primary N) is 1. The van der Waals surface area contributed by atoms with Crippen LogP contribution >= 0.6 is 35.4 Å². The molecule has 0 aliphatic carbocycles. The van der Waals surface area contributed by atoms with E-state index in [0.29, 0.717) is 15.8 Å². The average Bonchev–Trinajstić information content (AvgIpc) is 2.47. The minimum atomic E-state index is 0.108. The van der Waals surface area contributed by atoms with Crippen molar-refractivity contribution < 1.29 is 4.74 Å². The zero-order valence-corrected chi connectivity index (χ0v) is 13.8. The normalized spacial score (nSPS) is 10.6. The molecule has 3 N–H and O–H groups in total. The topological polar surface area (TPSA) is 59.6 Å². The van der Waals surface area contributed by atoms with Crippen molar-refractivity contribution in [2.75, 3.05) is 0 Å². The smallest absolute Gasteiger partial charge is 0.184 e. The third-order valence-corrected chi connectivity index (χ3v) is 3.49. The molecule has 0 saturated heterocycles. The molecule has 0 spiro atoms. The number of nitrogens with zero attached hydrogens (tertiary/aromatic N) is 1. The molecule has 0 aromatic heterocycles. The molecule has 0 atom stereocenters. The van der Waals surface area contributed by atoms with Gasteiger partial charge in [0.15, 0.2) is 5.11 Å². The van der Waals surface area contributed by atoms with Crippen LogP contribution in [0.3, 0.4) is 0 Å². The first kappa shape index (κ1) is 16.5. The number of nitrogens with one attached hydrogen (secondary N) is 1. The van der Waals surface area contributed by atoms with Gasteiger partial charge in [0.2, 0.25) is 0 Å². The molecular formula is C15H13Cl2N3OS. The zero-order valence-electron chi connectivity index (χ0n) is 11.4. The summed E-state index contributed by atoms with van der Waals surface area (Å²) in [5.41, 5.74) is 9.36. The number of thiocarbonyl (C=S) groups is 1. The molecule has 0 heterocycles. The van der Waals surface area contributed by atoms with Crippen molar-refractivity contribution in [2.24, 2.45) is 10.8 Å². The third kappa shape index (κ3) is 4.87. The summed E-state index contributed by atoms with van der Waals surface area (Å²) in [4.78, 5) is 0. The van der Waals surface area contributed by atoms with Crippen LogP contribution in [-0.2, 0) is 6.61 Å². The number of hydrogen-bond donors (Lipinski definition) is 2. The van der Waals surface area contributed by atoms with Gasteiger partial charge in [-0.3, -0.25) is 5.43 Å². The molecular weight excluding hydrogens is 341 g/mol. The maximum atomic E-state index is 6.11. The minimum Gasteiger partial charge on any atom is -0.489 e. The highest BCUT2D eigenvalue weighted by Crippen LogP contribution is 2.25. The molecule has 2 rings (SSSR count). The molecule has 0 bridgehead atoms. The minimum absolute atomic E-state index is 0.108. The van der Waals surface area contributed by atoms with Crippen molar-refractivity contribution in [3.63, 3.8) is 0 Å². The highest BCUT2D eigenvalue weighted by atomic mass is 35.5. The Labute approximate surface area is 143 Å². The number of hydrogen-bond acceptors (Lipinski definition) is 3. The molecule has 0 radical (unpaired) electrons. The van der Waals surface area contributed by atoms with Gasteiger partial charge < -0.3 is 10.5 Å². The highest BCUT2D eigenvalue weighted by Gasteiger charge is 2.06. The Morgan fingerprint density at radius 3 is 2.59 bits per heavy atom. The van der Waals surface area contributed by atoms with E-state index in [1.165, 1.54) is 0 Å². The van der Waals surface area contributed by atoms with E-state index < -0.39 is 0 Å².